The third-order valence-electron chi connectivity index (χ3n) is 2.46. The number of hydrogen-bond acceptors (Lipinski definition) is 2. The summed E-state index contributed by atoms with van der Waals surface area (Å²) in [4.78, 5) is 0. The normalized spacial score (nSPS) is 11.1. The first kappa shape index (κ1) is 11.0. The van der Waals surface area contributed by atoms with E-state index in [2.05, 4.69) is 0 Å². The number of halogens is 2. The molecule has 2 N–H and O–H groups in total. The van der Waals surface area contributed by atoms with E-state index in [0.29, 0.717) is 10.8 Å². The number of alkyl halides is 2. The van der Waals surface area contributed by atoms with Crippen molar-refractivity contribution >= 4 is 23.4 Å². The van der Waals surface area contributed by atoms with E-state index in [4.69, 9.17) is 10.0 Å². The number of hydrogen-bond donors (Lipinski definition) is 2. The van der Waals surface area contributed by atoms with E-state index in [1.165, 1.54) is 12.1 Å². The van der Waals surface area contributed by atoms with Gasteiger partial charge in [0, 0.05) is 5.56 Å². The lowest BCUT2D eigenvalue weighted by Gasteiger charge is -2.10. The summed E-state index contributed by atoms with van der Waals surface area (Å²) in [6.07, 6.45) is -2.72. The molecular weight excluding hydrogens is 213 g/mol. The van der Waals surface area contributed by atoms with Gasteiger partial charge in [-0.1, -0.05) is 30.3 Å². The molecule has 0 radical (unpaired) electrons. The average Bonchev–Trinajstić information content (AvgIpc) is 2.27. The van der Waals surface area contributed by atoms with Gasteiger partial charge in [0.25, 0.3) is 6.43 Å². The molecule has 0 aromatic heterocycles. The fourth-order valence-electron chi connectivity index (χ4n) is 1.69. The van der Waals surface area contributed by atoms with Gasteiger partial charge >= 0.3 is 7.12 Å². The van der Waals surface area contributed by atoms with E-state index in [1.807, 2.05) is 0 Å². The molecule has 2 rings (SSSR count). The van der Waals surface area contributed by atoms with Crippen LogP contribution in [0.1, 0.15) is 12.0 Å². The third-order valence-corrected chi connectivity index (χ3v) is 2.46. The van der Waals surface area contributed by atoms with E-state index >= 15 is 0 Å². The maximum atomic E-state index is 12.7. The lowest BCUT2D eigenvalue weighted by molar-refractivity contribution is 0.152. The van der Waals surface area contributed by atoms with Gasteiger partial charge in [0.05, 0.1) is 0 Å². The van der Waals surface area contributed by atoms with E-state index in [9.17, 15) is 8.78 Å². The van der Waals surface area contributed by atoms with Crippen molar-refractivity contribution in [2.24, 2.45) is 0 Å². The Hall–Kier alpha value is -1.46. The molecule has 0 heterocycles. The molecule has 82 valence electrons. The summed E-state index contributed by atoms with van der Waals surface area (Å²) in [6.45, 7) is 0. The van der Waals surface area contributed by atoms with Gasteiger partial charge in [-0.15, -0.1) is 0 Å². The Labute approximate surface area is 91.3 Å². The van der Waals surface area contributed by atoms with Crippen LogP contribution in [0.4, 0.5) is 8.78 Å². The van der Waals surface area contributed by atoms with Crippen molar-refractivity contribution in [2.45, 2.75) is 6.43 Å². The molecule has 16 heavy (non-hydrogen) atoms. The predicted octanol–water partition coefficient (Wildman–Crippen LogP) is 1.46. The molecule has 2 aromatic carbocycles. The summed E-state index contributed by atoms with van der Waals surface area (Å²) in [6, 6.07) is 9.60. The molecule has 0 spiro atoms. The lowest BCUT2D eigenvalue weighted by Crippen LogP contribution is -2.33. The first-order chi connectivity index (χ1) is 7.59. The van der Waals surface area contributed by atoms with Gasteiger partial charge in [-0.05, 0) is 22.3 Å². The van der Waals surface area contributed by atoms with Gasteiger partial charge in [-0.2, -0.15) is 0 Å². The Balaban J connectivity index is 2.71. The fraction of sp³-hybridized carbons (Fsp3) is 0.0909. The molecule has 0 atom stereocenters. The SMILES string of the molecule is OB(O)c1cc2ccccc2cc1C(F)F. The van der Waals surface area contributed by atoms with Gasteiger partial charge in [0.15, 0.2) is 0 Å². The Morgan fingerprint density at radius 2 is 1.56 bits per heavy atom. The van der Waals surface area contributed by atoms with E-state index < -0.39 is 13.5 Å². The third kappa shape index (κ3) is 1.92. The zero-order valence-corrected chi connectivity index (χ0v) is 8.27. The highest BCUT2D eigenvalue weighted by Crippen LogP contribution is 2.22. The summed E-state index contributed by atoms with van der Waals surface area (Å²) in [5.41, 5.74) is -0.484. The standard InChI is InChI=1S/C11H9BF2O2/c13-11(14)9-5-7-3-1-2-4-8(7)6-10(9)12(15)16/h1-6,11,15-16H. The van der Waals surface area contributed by atoms with Gasteiger partial charge in [-0.25, -0.2) is 8.78 Å². The zero-order chi connectivity index (χ0) is 11.7. The van der Waals surface area contributed by atoms with Gasteiger partial charge in [-0.3, -0.25) is 0 Å². The summed E-state index contributed by atoms with van der Waals surface area (Å²) >= 11 is 0. The molecule has 5 heteroatoms. The van der Waals surface area contributed by atoms with E-state index in [-0.39, 0.29) is 11.0 Å². The first-order valence-corrected chi connectivity index (χ1v) is 4.76. The molecule has 0 aliphatic carbocycles. The van der Waals surface area contributed by atoms with Crippen LogP contribution in [0.2, 0.25) is 0 Å². The number of rotatable bonds is 2. The summed E-state index contributed by atoms with van der Waals surface area (Å²) < 4.78 is 25.4. The maximum Gasteiger partial charge on any atom is 0.488 e. The highest BCUT2D eigenvalue weighted by Gasteiger charge is 2.21. The molecular formula is C11H9BF2O2. The zero-order valence-electron chi connectivity index (χ0n) is 8.27. The second-order valence-corrected chi connectivity index (χ2v) is 3.50. The van der Waals surface area contributed by atoms with Crippen LogP contribution in [-0.2, 0) is 0 Å². The minimum absolute atomic E-state index is 0.145. The molecule has 0 saturated heterocycles. The van der Waals surface area contributed by atoms with Gasteiger partial charge < -0.3 is 10.0 Å². The van der Waals surface area contributed by atoms with Crippen molar-refractivity contribution in [3.63, 3.8) is 0 Å². The van der Waals surface area contributed by atoms with E-state index in [1.54, 1.807) is 24.3 Å². The molecule has 0 fully saturated rings. The summed E-state index contributed by atoms with van der Waals surface area (Å²) in [5.74, 6) is 0. The molecule has 0 bridgehead atoms. The van der Waals surface area contributed by atoms with Crippen LogP contribution < -0.4 is 5.46 Å². The smallest absolute Gasteiger partial charge is 0.423 e. The minimum Gasteiger partial charge on any atom is -0.423 e. The van der Waals surface area contributed by atoms with Crippen molar-refractivity contribution in [1.82, 2.24) is 0 Å². The molecule has 0 unspecified atom stereocenters. The Morgan fingerprint density at radius 3 is 2.06 bits per heavy atom. The Kier molecular flexibility index (Phi) is 2.89. The van der Waals surface area contributed by atoms with Crippen LogP contribution in [0, 0.1) is 0 Å². The van der Waals surface area contributed by atoms with Gasteiger partial charge in [0.2, 0.25) is 0 Å². The first-order valence-electron chi connectivity index (χ1n) is 4.76. The molecule has 0 aliphatic rings. The topological polar surface area (TPSA) is 40.5 Å². The van der Waals surface area contributed by atoms with Crippen molar-refractivity contribution in [2.75, 3.05) is 0 Å². The Morgan fingerprint density at radius 1 is 1.00 bits per heavy atom. The monoisotopic (exact) mass is 222 g/mol. The Bertz CT molecular complexity index is 468. The molecule has 0 saturated carbocycles. The fourth-order valence-corrected chi connectivity index (χ4v) is 1.69. The average molecular weight is 222 g/mol. The maximum absolute atomic E-state index is 12.7. The summed E-state index contributed by atoms with van der Waals surface area (Å²) in [5, 5.41) is 19.4. The van der Waals surface area contributed by atoms with Crippen molar-refractivity contribution in [3.05, 3.63) is 42.0 Å². The van der Waals surface area contributed by atoms with Crippen LogP contribution in [0.5, 0.6) is 0 Å². The second kappa shape index (κ2) is 4.19. The van der Waals surface area contributed by atoms with E-state index in [0.717, 1.165) is 0 Å². The van der Waals surface area contributed by atoms with Crippen molar-refractivity contribution < 1.29 is 18.8 Å². The van der Waals surface area contributed by atoms with Crippen molar-refractivity contribution in [3.8, 4) is 0 Å². The molecule has 0 amide bonds. The van der Waals surface area contributed by atoms with Crippen LogP contribution >= 0.6 is 0 Å². The van der Waals surface area contributed by atoms with Crippen molar-refractivity contribution in [1.29, 1.82) is 0 Å². The predicted molar refractivity (Wildman–Crippen MR) is 58.7 cm³/mol. The molecule has 2 nitrogen and oxygen atoms in total. The molecule has 2 aromatic rings. The summed E-state index contributed by atoms with van der Waals surface area (Å²) in [7, 11) is -1.88. The number of fused-ring (bicyclic) bond motifs is 1. The van der Waals surface area contributed by atoms with Crippen LogP contribution in [0.15, 0.2) is 36.4 Å². The van der Waals surface area contributed by atoms with Crippen LogP contribution in [0.3, 0.4) is 0 Å². The van der Waals surface area contributed by atoms with Crippen LogP contribution in [-0.4, -0.2) is 17.2 Å². The van der Waals surface area contributed by atoms with Gasteiger partial charge in [0.1, 0.15) is 0 Å². The highest BCUT2D eigenvalue weighted by atomic mass is 19.3. The minimum atomic E-state index is -2.72. The second-order valence-electron chi connectivity index (χ2n) is 3.50. The highest BCUT2D eigenvalue weighted by molar-refractivity contribution is 6.59. The quantitative estimate of drug-likeness (QED) is 0.755. The number of benzene rings is 2. The largest absolute Gasteiger partial charge is 0.488 e. The lowest BCUT2D eigenvalue weighted by atomic mass is 9.76. The molecule has 0 aliphatic heterocycles. The van der Waals surface area contributed by atoms with Crippen LogP contribution in [0.25, 0.3) is 10.8 Å².